The van der Waals surface area contributed by atoms with Gasteiger partial charge >= 0.3 is 0 Å². The number of carbonyl (C=O) groups is 1. The van der Waals surface area contributed by atoms with Crippen LogP contribution in [0.15, 0.2) is 36.4 Å². The molecule has 1 aliphatic heterocycles. The molecule has 1 N–H and O–H groups in total. The minimum Gasteiger partial charge on any atom is -0.324 e. The van der Waals surface area contributed by atoms with Gasteiger partial charge in [-0.05, 0) is 37.1 Å². The zero-order chi connectivity index (χ0) is 15.2. The van der Waals surface area contributed by atoms with E-state index >= 15 is 0 Å². The Kier molecular flexibility index (Phi) is 3.42. The standard InChI is InChI=1S/C16H12Cl2FNO/c1-16(8-9-4-2-3-5-12(9)19)13-10(17)6-7-11(18)14(13)20-15(16)21/h2-7H,8H2,1H3,(H,20,21). The maximum atomic E-state index is 13.9. The summed E-state index contributed by atoms with van der Waals surface area (Å²) in [5, 5.41) is 3.64. The van der Waals surface area contributed by atoms with Crippen LogP contribution in [0.2, 0.25) is 10.0 Å². The molecule has 0 saturated heterocycles. The summed E-state index contributed by atoms with van der Waals surface area (Å²) in [7, 11) is 0. The molecule has 2 aromatic rings. The van der Waals surface area contributed by atoms with Gasteiger partial charge in [0.1, 0.15) is 5.82 Å². The first-order valence-corrected chi connectivity index (χ1v) is 7.22. The number of fused-ring (bicyclic) bond motifs is 1. The fraction of sp³-hybridized carbons (Fsp3) is 0.188. The van der Waals surface area contributed by atoms with Crippen molar-refractivity contribution >= 4 is 34.8 Å². The quantitative estimate of drug-likeness (QED) is 0.860. The first-order chi connectivity index (χ1) is 9.93. The normalized spacial score (nSPS) is 20.3. The van der Waals surface area contributed by atoms with Gasteiger partial charge in [-0.3, -0.25) is 4.79 Å². The molecule has 0 fully saturated rings. The van der Waals surface area contributed by atoms with E-state index in [1.807, 2.05) is 0 Å². The van der Waals surface area contributed by atoms with Gasteiger partial charge < -0.3 is 5.32 Å². The zero-order valence-corrected chi connectivity index (χ0v) is 12.7. The molecule has 2 aromatic carbocycles. The van der Waals surface area contributed by atoms with Gasteiger partial charge in [-0.15, -0.1) is 0 Å². The number of carbonyl (C=O) groups excluding carboxylic acids is 1. The van der Waals surface area contributed by atoms with Gasteiger partial charge in [0.25, 0.3) is 0 Å². The molecule has 0 saturated carbocycles. The highest BCUT2D eigenvalue weighted by Crippen LogP contribution is 2.47. The van der Waals surface area contributed by atoms with Gasteiger partial charge in [-0.1, -0.05) is 41.4 Å². The largest absolute Gasteiger partial charge is 0.324 e. The van der Waals surface area contributed by atoms with E-state index in [1.54, 1.807) is 37.3 Å². The highest BCUT2D eigenvalue weighted by atomic mass is 35.5. The molecule has 1 atom stereocenters. The molecule has 0 spiro atoms. The van der Waals surface area contributed by atoms with E-state index in [1.165, 1.54) is 6.07 Å². The van der Waals surface area contributed by atoms with Gasteiger partial charge in [0.15, 0.2) is 0 Å². The molecule has 2 nitrogen and oxygen atoms in total. The van der Waals surface area contributed by atoms with Gasteiger partial charge in [0, 0.05) is 10.6 Å². The Morgan fingerprint density at radius 3 is 2.52 bits per heavy atom. The first kappa shape index (κ1) is 14.4. The van der Waals surface area contributed by atoms with E-state index in [4.69, 9.17) is 23.2 Å². The molecule has 0 aromatic heterocycles. The molecule has 3 rings (SSSR count). The van der Waals surface area contributed by atoms with Crippen LogP contribution in [0.1, 0.15) is 18.1 Å². The lowest BCUT2D eigenvalue weighted by Crippen LogP contribution is -2.33. The van der Waals surface area contributed by atoms with Crippen LogP contribution in [-0.2, 0) is 16.6 Å². The molecule has 0 bridgehead atoms. The van der Waals surface area contributed by atoms with Crippen LogP contribution in [0.4, 0.5) is 10.1 Å². The number of halogens is 3. The maximum Gasteiger partial charge on any atom is 0.235 e. The maximum absolute atomic E-state index is 13.9. The molecule has 0 radical (unpaired) electrons. The minimum absolute atomic E-state index is 0.221. The van der Waals surface area contributed by atoms with E-state index in [0.717, 1.165) is 0 Å². The second-order valence-electron chi connectivity index (χ2n) is 5.33. The van der Waals surface area contributed by atoms with Crippen molar-refractivity contribution in [2.24, 2.45) is 0 Å². The monoisotopic (exact) mass is 323 g/mol. The summed E-state index contributed by atoms with van der Waals surface area (Å²) < 4.78 is 13.9. The minimum atomic E-state index is -0.945. The summed E-state index contributed by atoms with van der Waals surface area (Å²) in [6.45, 7) is 1.75. The molecule has 0 aliphatic carbocycles. The number of anilines is 1. The van der Waals surface area contributed by atoms with Crippen molar-refractivity contribution in [1.29, 1.82) is 0 Å². The lowest BCUT2D eigenvalue weighted by Gasteiger charge is -2.23. The Labute approximate surface area is 131 Å². The number of benzene rings is 2. The van der Waals surface area contributed by atoms with E-state index in [-0.39, 0.29) is 18.1 Å². The lowest BCUT2D eigenvalue weighted by molar-refractivity contribution is -0.120. The Morgan fingerprint density at radius 2 is 1.81 bits per heavy atom. The lowest BCUT2D eigenvalue weighted by atomic mass is 9.78. The predicted octanol–water partition coefficient (Wildman–Crippen LogP) is 4.59. The Morgan fingerprint density at radius 1 is 1.14 bits per heavy atom. The Bertz CT molecular complexity index is 747. The van der Waals surface area contributed by atoms with Crippen molar-refractivity contribution in [1.82, 2.24) is 0 Å². The molecule has 1 aliphatic rings. The van der Waals surface area contributed by atoms with Gasteiger partial charge in [-0.2, -0.15) is 0 Å². The fourth-order valence-electron chi connectivity index (χ4n) is 2.77. The summed E-state index contributed by atoms with van der Waals surface area (Å²) in [6.07, 6.45) is 0.221. The molecular formula is C16H12Cl2FNO. The van der Waals surface area contributed by atoms with E-state index in [9.17, 15) is 9.18 Å². The van der Waals surface area contributed by atoms with Crippen molar-refractivity contribution in [2.75, 3.05) is 5.32 Å². The molecule has 21 heavy (non-hydrogen) atoms. The van der Waals surface area contributed by atoms with Crippen LogP contribution in [0, 0.1) is 5.82 Å². The third-order valence-electron chi connectivity index (χ3n) is 3.90. The van der Waals surface area contributed by atoms with Crippen molar-refractivity contribution in [3.63, 3.8) is 0 Å². The summed E-state index contributed by atoms with van der Waals surface area (Å²) in [5.41, 5.74) is 0.677. The second-order valence-corrected chi connectivity index (χ2v) is 6.15. The van der Waals surface area contributed by atoms with E-state index < -0.39 is 5.41 Å². The number of amides is 1. The topological polar surface area (TPSA) is 29.1 Å². The van der Waals surface area contributed by atoms with Crippen LogP contribution in [0.5, 0.6) is 0 Å². The average molecular weight is 324 g/mol. The summed E-state index contributed by atoms with van der Waals surface area (Å²) >= 11 is 12.4. The predicted molar refractivity (Wildman–Crippen MR) is 82.5 cm³/mol. The molecule has 1 amide bonds. The SMILES string of the molecule is CC1(Cc2ccccc2F)C(=O)Nc2c(Cl)ccc(Cl)c21. The van der Waals surface area contributed by atoms with E-state index in [2.05, 4.69) is 5.32 Å². The fourth-order valence-corrected chi connectivity index (χ4v) is 3.34. The van der Waals surface area contributed by atoms with Crippen molar-refractivity contribution < 1.29 is 9.18 Å². The number of rotatable bonds is 2. The number of hydrogen-bond donors (Lipinski definition) is 1. The van der Waals surface area contributed by atoms with Crippen molar-refractivity contribution in [3.05, 3.63) is 63.4 Å². The van der Waals surface area contributed by atoms with E-state index in [0.29, 0.717) is 26.9 Å². The molecule has 1 heterocycles. The molecule has 5 heteroatoms. The van der Waals surface area contributed by atoms with Gasteiger partial charge in [0.2, 0.25) is 5.91 Å². The van der Waals surface area contributed by atoms with Crippen LogP contribution in [-0.4, -0.2) is 5.91 Å². The third-order valence-corrected chi connectivity index (χ3v) is 4.53. The molecule has 108 valence electrons. The first-order valence-electron chi connectivity index (χ1n) is 6.47. The van der Waals surface area contributed by atoms with Gasteiger partial charge in [0.05, 0.1) is 16.1 Å². The van der Waals surface area contributed by atoms with Crippen LogP contribution in [0.3, 0.4) is 0 Å². The smallest absolute Gasteiger partial charge is 0.235 e. The summed E-state index contributed by atoms with van der Waals surface area (Å²) in [6, 6.07) is 9.71. The summed E-state index contributed by atoms with van der Waals surface area (Å²) in [4.78, 5) is 12.4. The van der Waals surface area contributed by atoms with Crippen LogP contribution < -0.4 is 5.32 Å². The zero-order valence-electron chi connectivity index (χ0n) is 11.2. The highest BCUT2D eigenvalue weighted by molar-refractivity contribution is 6.38. The Balaban J connectivity index is 2.13. The average Bonchev–Trinajstić information content (AvgIpc) is 2.71. The Hall–Kier alpha value is -1.58. The number of hydrogen-bond acceptors (Lipinski definition) is 1. The second kappa shape index (κ2) is 5.00. The van der Waals surface area contributed by atoms with Crippen LogP contribution >= 0.6 is 23.2 Å². The highest BCUT2D eigenvalue weighted by Gasteiger charge is 2.45. The third kappa shape index (κ3) is 2.21. The number of nitrogens with one attached hydrogen (secondary N) is 1. The molecule has 1 unspecified atom stereocenters. The van der Waals surface area contributed by atoms with Gasteiger partial charge in [-0.25, -0.2) is 4.39 Å². The van der Waals surface area contributed by atoms with Crippen LogP contribution in [0.25, 0.3) is 0 Å². The summed E-state index contributed by atoms with van der Waals surface area (Å²) in [5.74, 6) is -0.561. The molecular weight excluding hydrogens is 312 g/mol. The van der Waals surface area contributed by atoms with Crippen molar-refractivity contribution in [2.45, 2.75) is 18.8 Å². The van der Waals surface area contributed by atoms with Crippen molar-refractivity contribution in [3.8, 4) is 0 Å².